The minimum atomic E-state index is 0. The minimum absolute atomic E-state index is 0. The van der Waals surface area contributed by atoms with Crippen molar-refractivity contribution in [3.63, 3.8) is 0 Å². The topological polar surface area (TPSA) is 75.9 Å². The van der Waals surface area contributed by atoms with Crippen LogP contribution < -0.4 is 5.32 Å². The van der Waals surface area contributed by atoms with Crippen molar-refractivity contribution in [2.75, 3.05) is 19.6 Å². The molecular weight excluding hydrogens is 408 g/mol. The molecule has 2 aliphatic heterocycles. The third-order valence-electron chi connectivity index (χ3n) is 5.76. The Morgan fingerprint density at radius 2 is 2.00 bits per heavy atom. The second kappa shape index (κ2) is 8.77. The summed E-state index contributed by atoms with van der Waals surface area (Å²) in [6, 6.07) is 8.15. The Hall–Kier alpha value is -2.03. The fraction of sp³-hybridized carbons (Fsp3) is 0.500. The van der Waals surface area contributed by atoms with Gasteiger partial charge in [-0.3, -0.25) is 4.79 Å². The van der Waals surface area contributed by atoms with E-state index >= 15 is 0 Å². The van der Waals surface area contributed by atoms with Crippen LogP contribution in [-0.4, -0.2) is 50.2 Å². The number of para-hydroxylation sites is 1. The number of carbonyl (C=O) groups excluding carboxylic acids is 1. The number of halogens is 1. The molecule has 29 heavy (non-hydrogen) atoms. The molecule has 1 amide bonds. The maximum absolute atomic E-state index is 12.7. The van der Waals surface area contributed by atoms with E-state index in [0.29, 0.717) is 12.3 Å². The summed E-state index contributed by atoms with van der Waals surface area (Å²) < 4.78 is 3.46. The van der Waals surface area contributed by atoms with Crippen molar-refractivity contribution in [2.45, 2.75) is 44.7 Å². The molecule has 2 aliphatic rings. The molecule has 0 unspecified atom stereocenters. The van der Waals surface area contributed by atoms with E-state index in [-0.39, 0.29) is 18.3 Å². The van der Waals surface area contributed by atoms with Gasteiger partial charge in [-0.25, -0.2) is 4.98 Å². The first-order valence-corrected chi connectivity index (χ1v) is 10.8. The van der Waals surface area contributed by atoms with Crippen LogP contribution in [-0.2, 0) is 24.3 Å². The number of amides is 1. The molecule has 1 aromatic carbocycles. The molecule has 5 rings (SSSR count). The predicted molar refractivity (Wildman–Crippen MR) is 115 cm³/mol. The van der Waals surface area contributed by atoms with Gasteiger partial charge in [0, 0.05) is 44.9 Å². The summed E-state index contributed by atoms with van der Waals surface area (Å²) in [4.78, 5) is 19.3. The summed E-state index contributed by atoms with van der Waals surface area (Å²) in [6.07, 6.45) is 3.20. The number of nitrogens with zero attached hydrogens (tertiary/aromatic N) is 5. The molecule has 0 bridgehead atoms. The van der Waals surface area contributed by atoms with Gasteiger partial charge < -0.3 is 14.8 Å². The van der Waals surface area contributed by atoms with Gasteiger partial charge in [-0.2, -0.15) is 0 Å². The number of hydrogen-bond donors (Lipinski definition) is 1. The summed E-state index contributed by atoms with van der Waals surface area (Å²) in [5.41, 5.74) is 1.03. The molecule has 1 N–H and O–H groups in total. The molecular formula is C20H25ClN6OS. The average molecular weight is 433 g/mol. The zero-order valence-corrected chi connectivity index (χ0v) is 17.8. The first kappa shape index (κ1) is 20.3. The molecule has 0 aliphatic carbocycles. The molecule has 154 valence electrons. The standard InChI is InChI=1S/C20H24N6OS.ClH/c27-19(6-5-18-22-15-3-1-2-4-16(15)28-18)25-10-7-14(8-11-25)20-24-23-17-13-21-9-12-26(17)20;/h1-4,14,21H,5-13H2;1H. The lowest BCUT2D eigenvalue weighted by molar-refractivity contribution is -0.132. The van der Waals surface area contributed by atoms with E-state index in [0.717, 1.165) is 74.2 Å². The van der Waals surface area contributed by atoms with Crippen LogP contribution in [0.2, 0.25) is 0 Å². The molecule has 0 saturated carbocycles. The second-order valence-corrected chi connectivity index (χ2v) is 8.65. The van der Waals surface area contributed by atoms with Crippen molar-refractivity contribution in [3.8, 4) is 0 Å². The smallest absolute Gasteiger partial charge is 0.222 e. The molecule has 7 nitrogen and oxygen atoms in total. The Kier molecular flexibility index (Phi) is 6.12. The van der Waals surface area contributed by atoms with Gasteiger partial charge in [0.05, 0.1) is 21.8 Å². The number of rotatable bonds is 4. The number of nitrogens with one attached hydrogen (secondary N) is 1. The largest absolute Gasteiger partial charge is 0.343 e. The van der Waals surface area contributed by atoms with E-state index in [2.05, 4.69) is 31.1 Å². The Balaban J connectivity index is 0.00000205. The molecule has 0 radical (unpaired) electrons. The maximum Gasteiger partial charge on any atom is 0.222 e. The highest BCUT2D eigenvalue weighted by Crippen LogP contribution is 2.28. The number of fused-ring (bicyclic) bond motifs is 2. The van der Waals surface area contributed by atoms with E-state index < -0.39 is 0 Å². The maximum atomic E-state index is 12.7. The SMILES string of the molecule is Cl.O=C(CCc1nc2ccccc2s1)N1CCC(c2nnc3n2CCNC3)CC1. The second-order valence-electron chi connectivity index (χ2n) is 7.53. The van der Waals surface area contributed by atoms with E-state index in [1.807, 2.05) is 23.1 Å². The van der Waals surface area contributed by atoms with Crippen molar-refractivity contribution < 1.29 is 4.79 Å². The van der Waals surface area contributed by atoms with Crippen molar-refractivity contribution >= 4 is 39.9 Å². The van der Waals surface area contributed by atoms with Gasteiger partial charge >= 0.3 is 0 Å². The lowest BCUT2D eigenvalue weighted by Crippen LogP contribution is -2.39. The third-order valence-corrected chi connectivity index (χ3v) is 6.85. The van der Waals surface area contributed by atoms with E-state index in [1.54, 1.807) is 11.3 Å². The molecule has 1 saturated heterocycles. The Labute approximate surface area is 179 Å². The Morgan fingerprint density at radius 3 is 2.83 bits per heavy atom. The van der Waals surface area contributed by atoms with Crippen LogP contribution in [0, 0.1) is 0 Å². The molecule has 9 heteroatoms. The molecule has 0 spiro atoms. The van der Waals surface area contributed by atoms with Gasteiger partial charge in [-0.05, 0) is 25.0 Å². The quantitative estimate of drug-likeness (QED) is 0.686. The number of likely N-dealkylation sites (tertiary alicyclic amines) is 1. The molecule has 3 aromatic rings. The zero-order chi connectivity index (χ0) is 18.9. The highest BCUT2D eigenvalue weighted by atomic mass is 35.5. The molecule has 4 heterocycles. The lowest BCUT2D eigenvalue weighted by Gasteiger charge is -2.32. The first-order chi connectivity index (χ1) is 13.8. The monoisotopic (exact) mass is 432 g/mol. The Bertz CT molecular complexity index is 961. The van der Waals surface area contributed by atoms with Crippen LogP contribution >= 0.6 is 23.7 Å². The number of hydrogen-bond acceptors (Lipinski definition) is 6. The van der Waals surface area contributed by atoms with Gasteiger partial charge in [-0.15, -0.1) is 33.9 Å². The molecule has 0 atom stereocenters. The number of aromatic nitrogens is 4. The first-order valence-electron chi connectivity index (χ1n) is 10.0. The van der Waals surface area contributed by atoms with Crippen LogP contribution in [0.3, 0.4) is 0 Å². The normalized spacial score (nSPS) is 17.2. The summed E-state index contributed by atoms with van der Waals surface area (Å²) in [6.45, 7) is 4.34. The highest BCUT2D eigenvalue weighted by Gasteiger charge is 2.28. The number of aryl methyl sites for hydroxylation is 1. The summed E-state index contributed by atoms with van der Waals surface area (Å²) in [5, 5.41) is 13.2. The minimum Gasteiger partial charge on any atom is -0.343 e. The highest BCUT2D eigenvalue weighted by molar-refractivity contribution is 7.18. The number of thiazole rings is 1. The van der Waals surface area contributed by atoms with Crippen LogP contribution in [0.5, 0.6) is 0 Å². The van der Waals surface area contributed by atoms with Crippen molar-refractivity contribution in [2.24, 2.45) is 0 Å². The van der Waals surface area contributed by atoms with Crippen LogP contribution in [0.4, 0.5) is 0 Å². The van der Waals surface area contributed by atoms with E-state index in [9.17, 15) is 4.79 Å². The van der Waals surface area contributed by atoms with Gasteiger partial charge in [0.1, 0.15) is 11.6 Å². The van der Waals surface area contributed by atoms with Crippen molar-refractivity contribution in [1.82, 2.24) is 30.0 Å². The average Bonchev–Trinajstić information content (AvgIpc) is 3.36. The van der Waals surface area contributed by atoms with Crippen LogP contribution in [0.25, 0.3) is 10.2 Å². The summed E-state index contributed by atoms with van der Waals surface area (Å²) >= 11 is 1.69. The Morgan fingerprint density at radius 1 is 1.17 bits per heavy atom. The lowest BCUT2D eigenvalue weighted by atomic mass is 9.95. The molecule has 1 fully saturated rings. The number of carbonyl (C=O) groups is 1. The number of piperidine rings is 1. The van der Waals surface area contributed by atoms with Crippen molar-refractivity contribution in [3.05, 3.63) is 40.9 Å². The van der Waals surface area contributed by atoms with E-state index in [4.69, 9.17) is 0 Å². The summed E-state index contributed by atoms with van der Waals surface area (Å²) in [7, 11) is 0. The van der Waals surface area contributed by atoms with Crippen LogP contribution in [0.1, 0.15) is 41.8 Å². The van der Waals surface area contributed by atoms with Crippen LogP contribution in [0.15, 0.2) is 24.3 Å². The van der Waals surface area contributed by atoms with Gasteiger partial charge in [0.25, 0.3) is 0 Å². The van der Waals surface area contributed by atoms with Gasteiger partial charge in [0.15, 0.2) is 0 Å². The fourth-order valence-electron chi connectivity index (χ4n) is 4.20. The van der Waals surface area contributed by atoms with Crippen molar-refractivity contribution in [1.29, 1.82) is 0 Å². The molecule has 2 aromatic heterocycles. The third kappa shape index (κ3) is 4.15. The fourth-order valence-corrected chi connectivity index (χ4v) is 5.17. The summed E-state index contributed by atoms with van der Waals surface area (Å²) in [5.74, 6) is 2.80. The predicted octanol–water partition coefficient (Wildman–Crippen LogP) is 2.75. The van der Waals surface area contributed by atoms with E-state index in [1.165, 1.54) is 4.70 Å². The zero-order valence-electron chi connectivity index (χ0n) is 16.2. The number of benzene rings is 1. The van der Waals surface area contributed by atoms with Gasteiger partial charge in [-0.1, -0.05) is 12.1 Å². The van der Waals surface area contributed by atoms with Gasteiger partial charge in [0.2, 0.25) is 5.91 Å².